The van der Waals surface area contributed by atoms with Crippen molar-refractivity contribution in [2.45, 2.75) is 45.1 Å². The van der Waals surface area contributed by atoms with Crippen LogP contribution in [-0.2, 0) is 9.53 Å². The Labute approximate surface area is 110 Å². The van der Waals surface area contributed by atoms with E-state index >= 15 is 0 Å². The Hall–Kier alpha value is -0.610. The van der Waals surface area contributed by atoms with Gasteiger partial charge in [-0.05, 0) is 38.0 Å². The Kier molecular flexibility index (Phi) is 5.45. The Bertz CT molecular complexity index is 261. The van der Waals surface area contributed by atoms with Gasteiger partial charge >= 0.3 is 0 Å². The van der Waals surface area contributed by atoms with E-state index in [4.69, 9.17) is 4.74 Å². The molecule has 18 heavy (non-hydrogen) atoms. The van der Waals surface area contributed by atoms with Crippen molar-refractivity contribution in [3.8, 4) is 0 Å². The van der Waals surface area contributed by atoms with E-state index in [-0.39, 0.29) is 5.91 Å². The molecule has 1 unspecified atom stereocenters. The Balaban J connectivity index is 1.63. The Morgan fingerprint density at radius 3 is 2.83 bits per heavy atom. The van der Waals surface area contributed by atoms with E-state index in [0.29, 0.717) is 12.6 Å². The van der Waals surface area contributed by atoms with Gasteiger partial charge in [-0.2, -0.15) is 0 Å². The van der Waals surface area contributed by atoms with E-state index in [1.54, 1.807) is 0 Å². The Morgan fingerprint density at radius 2 is 2.22 bits per heavy atom. The topological polar surface area (TPSA) is 41.6 Å². The molecule has 0 aromatic carbocycles. The molecule has 2 rings (SSSR count). The van der Waals surface area contributed by atoms with Gasteiger partial charge in [-0.1, -0.05) is 6.92 Å². The lowest BCUT2D eigenvalue weighted by molar-refractivity contribution is -0.130. The van der Waals surface area contributed by atoms with Gasteiger partial charge in [0.1, 0.15) is 0 Å². The Morgan fingerprint density at radius 1 is 1.39 bits per heavy atom. The van der Waals surface area contributed by atoms with Crippen LogP contribution in [0.2, 0.25) is 0 Å². The molecule has 1 amide bonds. The summed E-state index contributed by atoms with van der Waals surface area (Å²) in [6.07, 6.45) is 6.25. The summed E-state index contributed by atoms with van der Waals surface area (Å²) in [5, 5.41) is 3.24. The molecule has 1 N–H and O–H groups in total. The number of hydrogen-bond donors (Lipinski definition) is 1. The maximum Gasteiger partial charge on any atom is 0.236 e. The molecule has 1 heterocycles. The number of nitrogens with zero attached hydrogens (tertiary/aromatic N) is 1. The molecule has 4 heteroatoms. The molecule has 1 saturated heterocycles. The zero-order valence-corrected chi connectivity index (χ0v) is 11.5. The molecular weight excluding hydrogens is 228 g/mol. The molecule has 0 aromatic rings. The number of ether oxygens (including phenoxy) is 1. The lowest BCUT2D eigenvalue weighted by Crippen LogP contribution is -2.41. The molecule has 0 aromatic heterocycles. The highest BCUT2D eigenvalue weighted by Crippen LogP contribution is 2.29. The predicted molar refractivity (Wildman–Crippen MR) is 71.4 cm³/mol. The zero-order valence-electron chi connectivity index (χ0n) is 11.5. The van der Waals surface area contributed by atoms with Crippen LogP contribution in [0.5, 0.6) is 0 Å². The normalized spacial score (nSPS) is 23.3. The van der Waals surface area contributed by atoms with Gasteiger partial charge in [-0.25, -0.2) is 0 Å². The lowest BCUT2D eigenvalue weighted by atomic mass is 10.2. The first-order valence-corrected chi connectivity index (χ1v) is 7.39. The summed E-state index contributed by atoms with van der Waals surface area (Å²) in [5.74, 6) is 1.03. The second kappa shape index (κ2) is 7.10. The van der Waals surface area contributed by atoms with Crippen LogP contribution in [0.3, 0.4) is 0 Å². The smallest absolute Gasteiger partial charge is 0.236 e. The van der Waals surface area contributed by atoms with E-state index in [2.05, 4.69) is 12.2 Å². The number of amides is 1. The van der Waals surface area contributed by atoms with Gasteiger partial charge in [0.2, 0.25) is 5.91 Å². The fraction of sp³-hybridized carbons (Fsp3) is 0.929. The van der Waals surface area contributed by atoms with E-state index < -0.39 is 0 Å². The van der Waals surface area contributed by atoms with Crippen LogP contribution in [-0.4, -0.2) is 49.7 Å². The fourth-order valence-electron chi connectivity index (χ4n) is 2.46. The van der Waals surface area contributed by atoms with Gasteiger partial charge in [0.25, 0.3) is 0 Å². The van der Waals surface area contributed by atoms with Crippen LogP contribution in [0.1, 0.15) is 39.0 Å². The summed E-state index contributed by atoms with van der Waals surface area (Å²) in [7, 11) is 0. The van der Waals surface area contributed by atoms with E-state index in [1.807, 2.05) is 4.90 Å². The predicted octanol–water partition coefficient (Wildman–Crippen LogP) is 1.40. The maximum absolute atomic E-state index is 12.1. The van der Waals surface area contributed by atoms with E-state index in [9.17, 15) is 4.79 Å². The van der Waals surface area contributed by atoms with E-state index in [1.165, 1.54) is 12.8 Å². The lowest BCUT2D eigenvalue weighted by Gasteiger charge is -2.22. The monoisotopic (exact) mass is 254 g/mol. The van der Waals surface area contributed by atoms with Crippen molar-refractivity contribution in [1.29, 1.82) is 0 Å². The highest BCUT2D eigenvalue weighted by atomic mass is 16.5. The molecular formula is C14H26N2O2. The summed E-state index contributed by atoms with van der Waals surface area (Å²) >= 11 is 0. The van der Waals surface area contributed by atoms with Crippen molar-refractivity contribution in [2.24, 2.45) is 5.92 Å². The molecule has 2 aliphatic rings. The first-order chi connectivity index (χ1) is 8.79. The van der Waals surface area contributed by atoms with E-state index in [0.717, 1.165) is 51.4 Å². The zero-order chi connectivity index (χ0) is 12.8. The average molecular weight is 254 g/mol. The van der Waals surface area contributed by atoms with Crippen molar-refractivity contribution >= 4 is 5.91 Å². The average Bonchev–Trinajstić information content (AvgIpc) is 3.02. The van der Waals surface area contributed by atoms with Crippen molar-refractivity contribution in [3.05, 3.63) is 0 Å². The summed E-state index contributed by atoms with van der Waals surface area (Å²) in [4.78, 5) is 14.1. The molecule has 0 bridgehead atoms. The molecule has 104 valence electrons. The number of carbonyl (C=O) groups excluding carboxylic acids is 1. The third kappa shape index (κ3) is 4.58. The molecule has 0 spiro atoms. The first kappa shape index (κ1) is 13.8. The summed E-state index contributed by atoms with van der Waals surface area (Å²) < 4.78 is 5.53. The number of nitrogens with one attached hydrogen (secondary N) is 1. The highest BCUT2D eigenvalue weighted by Gasteiger charge is 2.26. The van der Waals surface area contributed by atoms with Gasteiger partial charge in [-0.3, -0.25) is 4.79 Å². The van der Waals surface area contributed by atoms with Crippen LogP contribution in [0.25, 0.3) is 0 Å². The van der Waals surface area contributed by atoms with Crippen molar-refractivity contribution in [1.82, 2.24) is 10.2 Å². The minimum atomic E-state index is 0.252. The van der Waals surface area contributed by atoms with Gasteiger partial charge in [-0.15, -0.1) is 0 Å². The van der Waals surface area contributed by atoms with Gasteiger partial charge in [0, 0.05) is 26.2 Å². The molecule has 2 fully saturated rings. The summed E-state index contributed by atoms with van der Waals surface area (Å²) in [6, 6.07) is 0. The van der Waals surface area contributed by atoms with Crippen LogP contribution in [0.4, 0.5) is 0 Å². The SMILES string of the molecule is CCCN(CC1CC1)C(=O)CNCC1CCCO1. The second-order valence-corrected chi connectivity index (χ2v) is 5.55. The van der Waals surface area contributed by atoms with Gasteiger partial charge in [0.05, 0.1) is 12.6 Å². The van der Waals surface area contributed by atoms with Crippen molar-refractivity contribution in [3.63, 3.8) is 0 Å². The number of rotatable bonds is 8. The van der Waals surface area contributed by atoms with Crippen molar-refractivity contribution in [2.75, 3.05) is 32.8 Å². The summed E-state index contributed by atoms with van der Waals surface area (Å²) in [5.41, 5.74) is 0. The molecule has 4 nitrogen and oxygen atoms in total. The standard InChI is InChI=1S/C14H26N2O2/c1-2-7-16(11-12-5-6-12)14(17)10-15-9-13-4-3-8-18-13/h12-13,15H,2-11H2,1H3. The minimum Gasteiger partial charge on any atom is -0.377 e. The van der Waals surface area contributed by atoms with Crippen LogP contribution >= 0.6 is 0 Å². The number of carbonyl (C=O) groups is 1. The first-order valence-electron chi connectivity index (χ1n) is 7.39. The third-order valence-corrected chi connectivity index (χ3v) is 3.69. The number of hydrogen-bond acceptors (Lipinski definition) is 3. The minimum absolute atomic E-state index is 0.252. The van der Waals surface area contributed by atoms with Crippen molar-refractivity contribution < 1.29 is 9.53 Å². The molecule has 0 radical (unpaired) electrons. The largest absolute Gasteiger partial charge is 0.377 e. The quantitative estimate of drug-likeness (QED) is 0.712. The molecule has 1 aliphatic carbocycles. The fourth-order valence-corrected chi connectivity index (χ4v) is 2.46. The maximum atomic E-state index is 12.1. The molecule has 1 aliphatic heterocycles. The highest BCUT2D eigenvalue weighted by molar-refractivity contribution is 5.78. The summed E-state index contributed by atoms with van der Waals surface area (Å²) in [6.45, 7) is 6.16. The van der Waals surface area contributed by atoms with Gasteiger partial charge < -0.3 is 15.0 Å². The van der Waals surface area contributed by atoms with Crippen LogP contribution < -0.4 is 5.32 Å². The van der Waals surface area contributed by atoms with Crippen LogP contribution in [0.15, 0.2) is 0 Å². The molecule has 1 saturated carbocycles. The van der Waals surface area contributed by atoms with Crippen LogP contribution in [0, 0.1) is 5.92 Å². The van der Waals surface area contributed by atoms with Gasteiger partial charge in [0.15, 0.2) is 0 Å². The second-order valence-electron chi connectivity index (χ2n) is 5.55. The third-order valence-electron chi connectivity index (χ3n) is 3.69. The molecule has 1 atom stereocenters.